The minimum atomic E-state index is 0.234. The first-order valence-corrected chi connectivity index (χ1v) is 6.82. The van der Waals surface area contributed by atoms with E-state index < -0.39 is 0 Å². The maximum absolute atomic E-state index is 8.82. The van der Waals surface area contributed by atoms with Gasteiger partial charge in [0.15, 0.2) is 0 Å². The Balaban J connectivity index is 2.31. The smallest absolute Gasteiger partial charge is 0.119 e. The molecule has 0 aliphatic rings. The van der Waals surface area contributed by atoms with Crippen LogP contribution in [0.25, 0.3) is 0 Å². The van der Waals surface area contributed by atoms with E-state index in [0.29, 0.717) is 6.04 Å². The lowest BCUT2D eigenvalue weighted by atomic mass is 10.2. The van der Waals surface area contributed by atoms with E-state index in [1.807, 2.05) is 12.1 Å². The minimum Gasteiger partial charge on any atom is -0.494 e. The van der Waals surface area contributed by atoms with E-state index in [0.717, 1.165) is 38.2 Å². The van der Waals surface area contributed by atoms with Crippen LogP contribution in [0, 0.1) is 0 Å². The standard InChI is InChI=1S/C15H25NO2/c1-3-4-11-18-15-7-5-14(6-8-15)12-16-13(2)9-10-17/h5-8,13,16-17H,3-4,9-12H2,1-2H3. The largest absolute Gasteiger partial charge is 0.494 e. The van der Waals surface area contributed by atoms with Gasteiger partial charge in [-0.25, -0.2) is 0 Å². The molecule has 3 nitrogen and oxygen atoms in total. The zero-order valence-electron chi connectivity index (χ0n) is 11.5. The number of hydrogen-bond donors (Lipinski definition) is 2. The van der Waals surface area contributed by atoms with Crippen LogP contribution in [-0.2, 0) is 6.54 Å². The highest BCUT2D eigenvalue weighted by Crippen LogP contribution is 2.12. The van der Waals surface area contributed by atoms with Gasteiger partial charge in [0.2, 0.25) is 0 Å². The number of aliphatic hydroxyl groups is 1. The van der Waals surface area contributed by atoms with Crippen LogP contribution in [0.5, 0.6) is 5.75 Å². The molecule has 2 N–H and O–H groups in total. The van der Waals surface area contributed by atoms with Gasteiger partial charge in [-0.15, -0.1) is 0 Å². The van der Waals surface area contributed by atoms with Gasteiger partial charge in [0.05, 0.1) is 6.61 Å². The Morgan fingerprint density at radius 2 is 2.00 bits per heavy atom. The number of aliphatic hydroxyl groups excluding tert-OH is 1. The highest BCUT2D eigenvalue weighted by Gasteiger charge is 2.00. The van der Waals surface area contributed by atoms with Crippen molar-refractivity contribution in [1.82, 2.24) is 5.32 Å². The predicted molar refractivity (Wildman–Crippen MR) is 74.8 cm³/mol. The van der Waals surface area contributed by atoms with Crippen LogP contribution >= 0.6 is 0 Å². The molecule has 1 aromatic carbocycles. The van der Waals surface area contributed by atoms with Crippen molar-refractivity contribution in [2.75, 3.05) is 13.2 Å². The molecule has 0 saturated heterocycles. The molecular weight excluding hydrogens is 226 g/mol. The second kappa shape index (κ2) is 8.95. The molecule has 0 saturated carbocycles. The zero-order chi connectivity index (χ0) is 13.2. The molecule has 0 aliphatic heterocycles. The number of unbranched alkanes of at least 4 members (excludes halogenated alkanes) is 1. The first-order valence-electron chi connectivity index (χ1n) is 6.82. The van der Waals surface area contributed by atoms with Gasteiger partial charge >= 0.3 is 0 Å². The van der Waals surface area contributed by atoms with E-state index in [9.17, 15) is 0 Å². The molecule has 1 aromatic rings. The molecule has 1 unspecified atom stereocenters. The molecule has 0 spiro atoms. The Morgan fingerprint density at radius 3 is 2.61 bits per heavy atom. The number of ether oxygens (including phenoxy) is 1. The Labute approximate surface area is 110 Å². The van der Waals surface area contributed by atoms with Crippen LogP contribution in [0.1, 0.15) is 38.7 Å². The van der Waals surface area contributed by atoms with Crippen molar-refractivity contribution in [2.45, 2.75) is 45.7 Å². The van der Waals surface area contributed by atoms with Gasteiger partial charge in [-0.2, -0.15) is 0 Å². The van der Waals surface area contributed by atoms with E-state index in [1.165, 1.54) is 5.56 Å². The summed E-state index contributed by atoms with van der Waals surface area (Å²) in [4.78, 5) is 0. The van der Waals surface area contributed by atoms with Crippen LogP contribution in [-0.4, -0.2) is 24.4 Å². The van der Waals surface area contributed by atoms with Crippen molar-refractivity contribution in [3.8, 4) is 5.75 Å². The average molecular weight is 251 g/mol. The summed E-state index contributed by atoms with van der Waals surface area (Å²) >= 11 is 0. The fourth-order valence-electron chi connectivity index (χ4n) is 1.63. The van der Waals surface area contributed by atoms with Crippen molar-refractivity contribution in [3.63, 3.8) is 0 Å². The minimum absolute atomic E-state index is 0.234. The number of nitrogens with one attached hydrogen (secondary N) is 1. The molecule has 0 radical (unpaired) electrons. The van der Waals surface area contributed by atoms with Gasteiger partial charge < -0.3 is 15.2 Å². The number of rotatable bonds is 9. The first kappa shape index (κ1) is 15.0. The molecule has 0 aromatic heterocycles. The number of hydrogen-bond acceptors (Lipinski definition) is 3. The van der Waals surface area contributed by atoms with Gasteiger partial charge in [-0.05, 0) is 37.5 Å². The lowest BCUT2D eigenvalue weighted by Crippen LogP contribution is -2.26. The summed E-state index contributed by atoms with van der Waals surface area (Å²) in [5.74, 6) is 0.940. The molecule has 18 heavy (non-hydrogen) atoms. The summed E-state index contributed by atoms with van der Waals surface area (Å²) < 4.78 is 5.61. The van der Waals surface area contributed by atoms with E-state index in [1.54, 1.807) is 0 Å². The maximum atomic E-state index is 8.82. The fraction of sp³-hybridized carbons (Fsp3) is 0.600. The summed E-state index contributed by atoms with van der Waals surface area (Å²) in [6, 6.07) is 8.54. The van der Waals surface area contributed by atoms with E-state index >= 15 is 0 Å². The van der Waals surface area contributed by atoms with Crippen LogP contribution in [0.4, 0.5) is 0 Å². The van der Waals surface area contributed by atoms with Gasteiger partial charge in [-0.1, -0.05) is 25.5 Å². The van der Waals surface area contributed by atoms with Gasteiger partial charge in [0, 0.05) is 19.2 Å². The predicted octanol–water partition coefficient (Wildman–Crippen LogP) is 2.73. The van der Waals surface area contributed by atoms with Crippen molar-refractivity contribution >= 4 is 0 Å². The van der Waals surface area contributed by atoms with Crippen LogP contribution in [0.15, 0.2) is 24.3 Å². The summed E-state index contributed by atoms with van der Waals surface area (Å²) in [5, 5.41) is 12.2. The Morgan fingerprint density at radius 1 is 1.28 bits per heavy atom. The fourth-order valence-corrected chi connectivity index (χ4v) is 1.63. The molecule has 1 rings (SSSR count). The third-order valence-electron chi connectivity index (χ3n) is 2.91. The van der Waals surface area contributed by atoms with Crippen molar-refractivity contribution in [2.24, 2.45) is 0 Å². The highest BCUT2D eigenvalue weighted by atomic mass is 16.5. The average Bonchev–Trinajstić information content (AvgIpc) is 2.38. The molecule has 0 aliphatic carbocycles. The maximum Gasteiger partial charge on any atom is 0.119 e. The van der Waals surface area contributed by atoms with E-state index in [4.69, 9.17) is 9.84 Å². The third kappa shape index (κ3) is 6.03. The second-order valence-electron chi connectivity index (χ2n) is 4.64. The Hall–Kier alpha value is -1.06. The highest BCUT2D eigenvalue weighted by molar-refractivity contribution is 5.27. The summed E-state index contributed by atoms with van der Waals surface area (Å²) in [6.07, 6.45) is 3.05. The molecule has 0 amide bonds. The van der Waals surface area contributed by atoms with E-state index in [2.05, 4.69) is 31.3 Å². The summed E-state index contributed by atoms with van der Waals surface area (Å²) in [6.45, 7) is 6.10. The Kier molecular flexibility index (Phi) is 7.46. The molecular formula is C15H25NO2. The van der Waals surface area contributed by atoms with Crippen molar-refractivity contribution in [3.05, 3.63) is 29.8 Å². The second-order valence-corrected chi connectivity index (χ2v) is 4.64. The van der Waals surface area contributed by atoms with E-state index in [-0.39, 0.29) is 6.61 Å². The third-order valence-corrected chi connectivity index (χ3v) is 2.91. The van der Waals surface area contributed by atoms with Crippen molar-refractivity contribution in [1.29, 1.82) is 0 Å². The molecule has 0 heterocycles. The molecule has 102 valence electrons. The lowest BCUT2D eigenvalue weighted by molar-refractivity contribution is 0.268. The van der Waals surface area contributed by atoms with Gasteiger partial charge in [0.25, 0.3) is 0 Å². The Bertz CT molecular complexity index is 311. The zero-order valence-corrected chi connectivity index (χ0v) is 11.5. The normalized spacial score (nSPS) is 12.4. The van der Waals surface area contributed by atoms with Crippen LogP contribution < -0.4 is 10.1 Å². The molecule has 0 bridgehead atoms. The summed E-state index contributed by atoms with van der Waals surface area (Å²) in [7, 11) is 0. The quantitative estimate of drug-likeness (QED) is 0.663. The lowest BCUT2D eigenvalue weighted by Gasteiger charge is -2.12. The van der Waals surface area contributed by atoms with Crippen molar-refractivity contribution < 1.29 is 9.84 Å². The number of benzene rings is 1. The van der Waals surface area contributed by atoms with Gasteiger partial charge in [0.1, 0.15) is 5.75 Å². The SMILES string of the molecule is CCCCOc1ccc(CNC(C)CCO)cc1. The monoisotopic (exact) mass is 251 g/mol. The van der Waals surface area contributed by atoms with Crippen LogP contribution in [0.2, 0.25) is 0 Å². The topological polar surface area (TPSA) is 41.5 Å². The molecule has 3 heteroatoms. The molecule has 0 fully saturated rings. The first-order chi connectivity index (χ1) is 8.76. The molecule has 1 atom stereocenters. The van der Waals surface area contributed by atoms with Crippen LogP contribution in [0.3, 0.4) is 0 Å². The van der Waals surface area contributed by atoms with Gasteiger partial charge in [-0.3, -0.25) is 0 Å². The summed E-state index contributed by atoms with van der Waals surface area (Å²) in [5.41, 5.74) is 1.24.